The van der Waals surface area contributed by atoms with Gasteiger partial charge in [0.15, 0.2) is 0 Å². The third-order valence-electron chi connectivity index (χ3n) is 4.83. The van der Waals surface area contributed by atoms with Gasteiger partial charge in [-0.1, -0.05) is 6.07 Å². The van der Waals surface area contributed by atoms with Crippen LogP contribution in [0, 0.1) is 0 Å². The molecule has 0 atom stereocenters. The van der Waals surface area contributed by atoms with E-state index in [-0.39, 0.29) is 12.1 Å². The number of hydrogen-bond donors (Lipinski definition) is 1. The Balaban J connectivity index is 1.49. The number of nitrogens with zero attached hydrogens (tertiary/aromatic N) is 4. The van der Waals surface area contributed by atoms with E-state index in [0.717, 1.165) is 24.5 Å². The highest BCUT2D eigenvalue weighted by Crippen LogP contribution is 2.18. The van der Waals surface area contributed by atoms with E-state index >= 15 is 0 Å². The number of aromatic nitrogens is 1. The fourth-order valence-corrected chi connectivity index (χ4v) is 3.33. The molecule has 1 aromatic heterocycles. The molecule has 2 aliphatic heterocycles. The van der Waals surface area contributed by atoms with Gasteiger partial charge in [0.05, 0.1) is 13.2 Å². The summed E-state index contributed by atoms with van der Waals surface area (Å²) < 4.78 is 10.8. The summed E-state index contributed by atoms with van der Waals surface area (Å²) >= 11 is 0. The van der Waals surface area contributed by atoms with Crippen LogP contribution < -0.4 is 10.2 Å². The molecule has 9 nitrogen and oxygen atoms in total. The highest BCUT2D eigenvalue weighted by atomic mass is 16.6. The first-order valence-electron chi connectivity index (χ1n) is 10.1. The molecule has 1 N–H and O–H groups in total. The summed E-state index contributed by atoms with van der Waals surface area (Å²) in [6.07, 6.45) is 1.44. The normalized spacial score (nSPS) is 17.8. The predicted octanol–water partition coefficient (Wildman–Crippen LogP) is 1.68. The first kappa shape index (κ1) is 21.2. The van der Waals surface area contributed by atoms with Crippen molar-refractivity contribution in [3.05, 3.63) is 23.9 Å². The molecule has 1 aromatic rings. The summed E-state index contributed by atoms with van der Waals surface area (Å²) in [5.41, 5.74) is 0.461. The van der Waals surface area contributed by atoms with Gasteiger partial charge in [0.2, 0.25) is 0 Å². The maximum absolute atomic E-state index is 12.6. The zero-order valence-electron chi connectivity index (χ0n) is 17.5. The first-order valence-corrected chi connectivity index (χ1v) is 10.1. The number of amides is 3. The van der Waals surface area contributed by atoms with Crippen LogP contribution >= 0.6 is 0 Å². The Morgan fingerprint density at radius 2 is 1.76 bits per heavy atom. The van der Waals surface area contributed by atoms with Crippen molar-refractivity contribution in [3.8, 4) is 0 Å². The van der Waals surface area contributed by atoms with Gasteiger partial charge in [0.25, 0.3) is 0 Å². The third-order valence-corrected chi connectivity index (χ3v) is 4.83. The molecular formula is C20H31N5O4. The molecule has 0 radical (unpaired) electrons. The number of ether oxygens (including phenoxy) is 2. The number of nitrogens with one attached hydrogen (secondary N) is 1. The van der Waals surface area contributed by atoms with Gasteiger partial charge >= 0.3 is 12.1 Å². The maximum atomic E-state index is 12.6. The average molecular weight is 405 g/mol. The number of rotatable bonds is 3. The molecular weight excluding hydrogens is 374 g/mol. The van der Waals surface area contributed by atoms with Crippen LogP contribution in [0.3, 0.4) is 0 Å². The first-order chi connectivity index (χ1) is 13.8. The molecule has 29 heavy (non-hydrogen) atoms. The number of carbonyl (C=O) groups is 2. The van der Waals surface area contributed by atoms with Crippen LogP contribution in [0.1, 0.15) is 26.3 Å². The number of hydrogen-bond acceptors (Lipinski definition) is 6. The standard InChI is InChI=1S/C20H31N5O4/c1-20(2,3)29-19(27)25-9-7-24(8-10-25)18(26)22-15-16-5-4-6-21-17(16)23-11-13-28-14-12-23/h4-6H,7-15H2,1-3H3,(H,22,26). The minimum atomic E-state index is -0.520. The van der Waals surface area contributed by atoms with E-state index in [1.54, 1.807) is 16.0 Å². The molecule has 160 valence electrons. The monoisotopic (exact) mass is 405 g/mol. The molecule has 3 rings (SSSR count). The third kappa shape index (κ3) is 5.96. The van der Waals surface area contributed by atoms with Crippen LogP contribution in [-0.2, 0) is 16.0 Å². The van der Waals surface area contributed by atoms with Crippen LogP contribution in [0.5, 0.6) is 0 Å². The minimum Gasteiger partial charge on any atom is -0.444 e. The van der Waals surface area contributed by atoms with Gasteiger partial charge in [0.1, 0.15) is 11.4 Å². The smallest absolute Gasteiger partial charge is 0.410 e. The zero-order valence-corrected chi connectivity index (χ0v) is 17.5. The molecule has 3 heterocycles. The molecule has 2 saturated heterocycles. The molecule has 0 aliphatic carbocycles. The van der Waals surface area contributed by atoms with Gasteiger partial charge in [-0.2, -0.15) is 0 Å². The second-order valence-electron chi connectivity index (χ2n) is 8.20. The molecule has 0 aromatic carbocycles. The molecule has 0 spiro atoms. The Kier molecular flexibility index (Phi) is 6.79. The van der Waals surface area contributed by atoms with Gasteiger partial charge in [-0.05, 0) is 26.8 Å². The summed E-state index contributed by atoms with van der Waals surface area (Å²) in [4.78, 5) is 34.8. The lowest BCUT2D eigenvalue weighted by molar-refractivity contribution is 0.0170. The number of urea groups is 1. The van der Waals surface area contributed by atoms with Gasteiger partial charge in [0, 0.05) is 57.6 Å². The van der Waals surface area contributed by atoms with Crippen molar-refractivity contribution < 1.29 is 19.1 Å². The molecule has 2 fully saturated rings. The minimum absolute atomic E-state index is 0.134. The van der Waals surface area contributed by atoms with Crippen LogP contribution in [0.4, 0.5) is 15.4 Å². The van der Waals surface area contributed by atoms with Gasteiger partial charge < -0.3 is 29.5 Å². The maximum Gasteiger partial charge on any atom is 0.410 e. The van der Waals surface area contributed by atoms with Crippen molar-refractivity contribution in [3.63, 3.8) is 0 Å². The Morgan fingerprint density at radius 1 is 1.10 bits per heavy atom. The lowest BCUT2D eigenvalue weighted by Gasteiger charge is -2.35. The highest BCUT2D eigenvalue weighted by molar-refractivity contribution is 5.75. The molecule has 0 bridgehead atoms. The molecule has 9 heteroatoms. The van der Waals surface area contributed by atoms with Crippen LogP contribution in [0.25, 0.3) is 0 Å². The number of piperazine rings is 1. The highest BCUT2D eigenvalue weighted by Gasteiger charge is 2.27. The van der Waals surface area contributed by atoms with Crippen LogP contribution in [0.15, 0.2) is 18.3 Å². The Hall–Kier alpha value is -2.55. The molecule has 0 saturated carbocycles. The van der Waals surface area contributed by atoms with E-state index in [1.165, 1.54) is 0 Å². The topological polar surface area (TPSA) is 87.2 Å². The lowest BCUT2D eigenvalue weighted by atomic mass is 10.2. The molecule has 0 unspecified atom stereocenters. The number of morpholine rings is 1. The van der Waals surface area contributed by atoms with Crippen molar-refractivity contribution in [2.45, 2.75) is 32.9 Å². The SMILES string of the molecule is CC(C)(C)OC(=O)N1CCN(C(=O)NCc2cccnc2N2CCOCC2)CC1. The summed E-state index contributed by atoms with van der Waals surface area (Å²) in [5.74, 6) is 0.894. The fraction of sp³-hybridized carbons (Fsp3) is 0.650. The molecule has 3 amide bonds. The van der Waals surface area contributed by atoms with Gasteiger partial charge in [-0.15, -0.1) is 0 Å². The van der Waals surface area contributed by atoms with Gasteiger partial charge in [-0.3, -0.25) is 0 Å². The Labute approximate surface area is 171 Å². The summed E-state index contributed by atoms with van der Waals surface area (Å²) in [5, 5.41) is 2.98. The van der Waals surface area contributed by atoms with Crippen molar-refractivity contribution >= 4 is 17.9 Å². The summed E-state index contributed by atoms with van der Waals surface area (Å²) in [6.45, 7) is 10.8. The number of carbonyl (C=O) groups excluding carboxylic acids is 2. The van der Waals surface area contributed by atoms with Gasteiger partial charge in [-0.25, -0.2) is 14.6 Å². The van der Waals surface area contributed by atoms with E-state index < -0.39 is 5.60 Å². The van der Waals surface area contributed by atoms with E-state index in [0.29, 0.717) is 45.9 Å². The van der Waals surface area contributed by atoms with Crippen molar-refractivity contribution in [1.82, 2.24) is 20.1 Å². The number of pyridine rings is 1. The Bertz CT molecular complexity index is 707. The van der Waals surface area contributed by atoms with Crippen molar-refractivity contribution in [2.75, 3.05) is 57.4 Å². The van der Waals surface area contributed by atoms with Crippen molar-refractivity contribution in [1.29, 1.82) is 0 Å². The predicted molar refractivity (Wildman–Crippen MR) is 109 cm³/mol. The Morgan fingerprint density at radius 3 is 2.41 bits per heavy atom. The van der Waals surface area contributed by atoms with E-state index in [1.807, 2.05) is 32.9 Å². The van der Waals surface area contributed by atoms with Crippen LogP contribution in [-0.4, -0.2) is 85.0 Å². The van der Waals surface area contributed by atoms with Crippen LogP contribution in [0.2, 0.25) is 0 Å². The number of anilines is 1. The lowest BCUT2D eigenvalue weighted by Crippen LogP contribution is -2.53. The zero-order chi connectivity index (χ0) is 20.9. The van der Waals surface area contributed by atoms with Crippen molar-refractivity contribution in [2.24, 2.45) is 0 Å². The average Bonchev–Trinajstić information content (AvgIpc) is 2.72. The van der Waals surface area contributed by atoms with E-state index in [2.05, 4.69) is 15.2 Å². The summed E-state index contributed by atoms with van der Waals surface area (Å²) in [6, 6.07) is 3.73. The fourth-order valence-electron chi connectivity index (χ4n) is 3.33. The van der Waals surface area contributed by atoms with E-state index in [9.17, 15) is 9.59 Å². The molecule has 2 aliphatic rings. The van der Waals surface area contributed by atoms with E-state index in [4.69, 9.17) is 9.47 Å². The second-order valence-corrected chi connectivity index (χ2v) is 8.20. The second kappa shape index (κ2) is 9.30. The summed E-state index contributed by atoms with van der Waals surface area (Å²) in [7, 11) is 0. The quantitative estimate of drug-likeness (QED) is 0.823. The largest absolute Gasteiger partial charge is 0.444 e.